The Balaban J connectivity index is 1.67. The lowest BCUT2D eigenvalue weighted by Crippen LogP contribution is -2.42. The quantitative estimate of drug-likeness (QED) is 0.692. The number of hydrogen-bond donors (Lipinski definition) is 2. The van der Waals surface area contributed by atoms with Gasteiger partial charge in [-0.3, -0.25) is 9.69 Å². The van der Waals surface area contributed by atoms with Gasteiger partial charge in [0.2, 0.25) is 10.0 Å². The molecule has 1 aromatic rings. The predicted molar refractivity (Wildman–Crippen MR) is 107 cm³/mol. The highest BCUT2D eigenvalue weighted by Gasteiger charge is 2.30. The third kappa shape index (κ3) is 5.35. The van der Waals surface area contributed by atoms with Crippen LogP contribution in [0.2, 0.25) is 10.0 Å². The van der Waals surface area contributed by atoms with E-state index in [1.165, 1.54) is 31.4 Å². The number of sulfonamides is 1. The van der Waals surface area contributed by atoms with Gasteiger partial charge in [0, 0.05) is 25.2 Å². The normalized spacial score (nSPS) is 21.2. The second-order valence-corrected chi connectivity index (χ2v) is 9.79. The van der Waals surface area contributed by atoms with Crippen molar-refractivity contribution in [2.75, 3.05) is 19.6 Å². The van der Waals surface area contributed by atoms with E-state index in [1.54, 1.807) is 0 Å². The first kappa shape index (κ1) is 20.9. The van der Waals surface area contributed by atoms with E-state index in [0.29, 0.717) is 12.6 Å². The lowest BCUT2D eigenvalue weighted by molar-refractivity contribution is 0.0938. The first-order valence-electron chi connectivity index (χ1n) is 9.31. The van der Waals surface area contributed by atoms with E-state index in [1.807, 2.05) is 0 Å². The SMILES string of the molecule is CC1CCCCN1CCNC(=O)c1cc(S(=O)(=O)NC2CC2)c(Cl)cc1Cl. The van der Waals surface area contributed by atoms with Gasteiger partial charge in [0.25, 0.3) is 5.91 Å². The third-order valence-corrected chi connectivity index (χ3v) is 7.38. The van der Waals surface area contributed by atoms with Crippen LogP contribution in [0, 0.1) is 0 Å². The smallest absolute Gasteiger partial charge is 0.252 e. The van der Waals surface area contributed by atoms with Crippen molar-refractivity contribution in [1.29, 1.82) is 0 Å². The molecule has 1 amide bonds. The van der Waals surface area contributed by atoms with Crippen molar-refractivity contribution < 1.29 is 13.2 Å². The number of nitrogens with one attached hydrogen (secondary N) is 2. The highest BCUT2D eigenvalue weighted by molar-refractivity contribution is 7.89. The summed E-state index contributed by atoms with van der Waals surface area (Å²) in [5.41, 5.74) is 0.115. The lowest BCUT2D eigenvalue weighted by Gasteiger charge is -2.33. The van der Waals surface area contributed by atoms with E-state index < -0.39 is 15.9 Å². The van der Waals surface area contributed by atoms with Crippen LogP contribution in [-0.2, 0) is 10.0 Å². The summed E-state index contributed by atoms with van der Waals surface area (Å²) >= 11 is 12.2. The molecule has 150 valence electrons. The summed E-state index contributed by atoms with van der Waals surface area (Å²) in [7, 11) is -3.77. The van der Waals surface area contributed by atoms with Gasteiger partial charge in [0.05, 0.1) is 15.6 Å². The van der Waals surface area contributed by atoms with Crippen molar-refractivity contribution >= 4 is 39.1 Å². The van der Waals surface area contributed by atoms with Crippen molar-refractivity contribution in [3.8, 4) is 0 Å². The summed E-state index contributed by atoms with van der Waals surface area (Å²) in [4.78, 5) is 14.8. The first-order chi connectivity index (χ1) is 12.8. The molecule has 0 spiro atoms. The van der Waals surface area contributed by atoms with Gasteiger partial charge in [-0.15, -0.1) is 0 Å². The van der Waals surface area contributed by atoms with Gasteiger partial charge in [-0.25, -0.2) is 13.1 Å². The molecule has 6 nitrogen and oxygen atoms in total. The van der Waals surface area contributed by atoms with Crippen molar-refractivity contribution in [1.82, 2.24) is 14.9 Å². The van der Waals surface area contributed by atoms with Crippen LogP contribution in [0.1, 0.15) is 49.4 Å². The molecular weight excluding hydrogens is 409 g/mol. The molecule has 1 aliphatic carbocycles. The first-order valence-corrected chi connectivity index (χ1v) is 11.6. The Morgan fingerprint density at radius 3 is 2.59 bits per heavy atom. The molecule has 2 fully saturated rings. The van der Waals surface area contributed by atoms with Gasteiger partial charge in [-0.05, 0) is 51.3 Å². The molecule has 1 aliphatic heterocycles. The number of amides is 1. The summed E-state index contributed by atoms with van der Waals surface area (Å²) in [6, 6.07) is 3.03. The molecule has 0 bridgehead atoms. The summed E-state index contributed by atoms with van der Waals surface area (Å²) < 4.78 is 27.5. The lowest BCUT2D eigenvalue weighted by atomic mass is 10.0. The van der Waals surface area contributed by atoms with E-state index in [2.05, 4.69) is 21.9 Å². The number of piperidine rings is 1. The monoisotopic (exact) mass is 433 g/mol. The van der Waals surface area contributed by atoms with Crippen molar-refractivity contribution in [2.45, 2.75) is 56.0 Å². The minimum absolute atomic E-state index is 0.00633. The minimum atomic E-state index is -3.77. The standard InChI is InChI=1S/C18H25Cl2N3O3S/c1-12-4-2-3-8-23(12)9-7-21-18(24)14-10-17(16(20)11-15(14)19)27(25,26)22-13-5-6-13/h10-13,22H,2-9H2,1H3,(H,21,24). The molecule has 3 rings (SSSR count). The number of hydrogen-bond acceptors (Lipinski definition) is 4. The molecule has 1 saturated heterocycles. The highest BCUT2D eigenvalue weighted by atomic mass is 35.5. The summed E-state index contributed by atoms with van der Waals surface area (Å²) in [5.74, 6) is -0.399. The van der Waals surface area contributed by atoms with Crippen LogP contribution >= 0.6 is 23.2 Å². The molecule has 0 radical (unpaired) electrons. The molecule has 1 unspecified atom stereocenters. The zero-order valence-corrected chi connectivity index (χ0v) is 17.6. The summed E-state index contributed by atoms with van der Waals surface area (Å²) in [5, 5.41) is 2.98. The molecule has 1 saturated carbocycles. The van der Waals surface area contributed by atoms with Gasteiger partial charge in [0.15, 0.2) is 0 Å². The van der Waals surface area contributed by atoms with Crippen molar-refractivity contribution in [3.63, 3.8) is 0 Å². The van der Waals surface area contributed by atoms with Gasteiger partial charge < -0.3 is 5.32 Å². The van der Waals surface area contributed by atoms with Gasteiger partial charge in [0.1, 0.15) is 4.90 Å². The second kappa shape index (κ2) is 8.66. The topological polar surface area (TPSA) is 78.5 Å². The second-order valence-electron chi connectivity index (χ2n) is 7.29. The third-order valence-electron chi connectivity index (χ3n) is 5.08. The van der Waals surface area contributed by atoms with Crippen molar-refractivity contribution in [2.24, 2.45) is 0 Å². The summed E-state index contributed by atoms with van der Waals surface area (Å²) in [6.07, 6.45) is 5.22. The Morgan fingerprint density at radius 2 is 1.93 bits per heavy atom. The van der Waals surface area contributed by atoms with Gasteiger partial charge in [-0.2, -0.15) is 0 Å². The van der Waals surface area contributed by atoms with Gasteiger partial charge in [-0.1, -0.05) is 29.6 Å². The van der Waals surface area contributed by atoms with Crippen LogP contribution in [0.5, 0.6) is 0 Å². The Kier molecular flexibility index (Phi) is 6.69. The Morgan fingerprint density at radius 1 is 1.19 bits per heavy atom. The average Bonchev–Trinajstić information content (AvgIpc) is 3.39. The maximum atomic E-state index is 12.5. The Bertz CT molecular complexity index is 812. The van der Waals surface area contributed by atoms with E-state index in [0.717, 1.165) is 25.9 Å². The molecule has 1 atom stereocenters. The van der Waals surface area contributed by atoms with Crippen LogP contribution in [0.25, 0.3) is 0 Å². The van der Waals surface area contributed by atoms with E-state index in [4.69, 9.17) is 23.2 Å². The molecule has 1 heterocycles. The number of nitrogens with zero attached hydrogens (tertiary/aromatic N) is 1. The zero-order valence-electron chi connectivity index (χ0n) is 15.3. The summed E-state index contributed by atoms with van der Waals surface area (Å²) in [6.45, 7) is 4.46. The maximum Gasteiger partial charge on any atom is 0.252 e. The number of halogens is 2. The number of benzene rings is 1. The largest absolute Gasteiger partial charge is 0.351 e. The fourth-order valence-corrected chi connectivity index (χ4v) is 5.46. The Hall–Kier alpha value is -0.860. The number of carbonyl (C=O) groups is 1. The highest BCUT2D eigenvalue weighted by Crippen LogP contribution is 2.30. The fraction of sp³-hybridized carbons (Fsp3) is 0.611. The van der Waals surface area contributed by atoms with Crippen LogP contribution in [0.3, 0.4) is 0 Å². The van der Waals surface area contributed by atoms with Crippen LogP contribution in [0.4, 0.5) is 0 Å². The molecular formula is C18H25Cl2N3O3S. The van der Waals surface area contributed by atoms with E-state index in [-0.39, 0.29) is 26.5 Å². The predicted octanol–water partition coefficient (Wildman–Crippen LogP) is 3.04. The Labute approximate surface area is 170 Å². The van der Waals surface area contributed by atoms with Crippen molar-refractivity contribution in [3.05, 3.63) is 27.7 Å². The zero-order chi connectivity index (χ0) is 19.6. The van der Waals surface area contributed by atoms with E-state index in [9.17, 15) is 13.2 Å². The number of rotatable bonds is 7. The number of likely N-dealkylation sites (tertiary alicyclic amines) is 1. The van der Waals surface area contributed by atoms with Gasteiger partial charge >= 0.3 is 0 Å². The molecule has 2 N–H and O–H groups in total. The molecule has 2 aliphatic rings. The molecule has 9 heteroatoms. The van der Waals surface area contributed by atoms with E-state index >= 15 is 0 Å². The van der Waals surface area contributed by atoms with Crippen LogP contribution in [0.15, 0.2) is 17.0 Å². The van der Waals surface area contributed by atoms with Crippen LogP contribution < -0.4 is 10.0 Å². The molecule has 1 aromatic carbocycles. The molecule has 0 aromatic heterocycles. The molecule has 27 heavy (non-hydrogen) atoms. The average molecular weight is 434 g/mol. The van der Waals surface area contributed by atoms with Crippen LogP contribution in [-0.4, -0.2) is 50.9 Å². The fourth-order valence-electron chi connectivity index (χ4n) is 3.29. The minimum Gasteiger partial charge on any atom is -0.351 e. The number of carbonyl (C=O) groups excluding carboxylic acids is 1. The maximum absolute atomic E-state index is 12.5.